The van der Waals surface area contributed by atoms with Gasteiger partial charge in [0, 0.05) is 34.4 Å². The molecule has 178 valence electrons. The Kier molecular flexibility index (Phi) is 6.44. The van der Waals surface area contributed by atoms with Crippen molar-refractivity contribution in [1.82, 2.24) is 5.32 Å². The molecule has 2 aliphatic rings. The Morgan fingerprint density at radius 3 is 2.65 bits per heavy atom. The van der Waals surface area contributed by atoms with Crippen molar-refractivity contribution in [3.63, 3.8) is 0 Å². The highest BCUT2D eigenvalue weighted by Gasteiger charge is 2.37. The van der Waals surface area contributed by atoms with Gasteiger partial charge in [0.1, 0.15) is 11.3 Å². The maximum Gasteiger partial charge on any atom is 0.270 e. The van der Waals surface area contributed by atoms with Gasteiger partial charge in [-0.25, -0.2) is 0 Å². The van der Waals surface area contributed by atoms with Crippen molar-refractivity contribution < 1.29 is 14.3 Å². The van der Waals surface area contributed by atoms with Gasteiger partial charge in [-0.05, 0) is 81.2 Å². The van der Waals surface area contributed by atoms with Crippen molar-refractivity contribution in [3.05, 3.63) is 58.1 Å². The number of nitrogens with one attached hydrogen (secondary N) is 1. The summed E-state index contributed by atoms with van der Waals surface area (Å²) in [7, 11) is 1.59. The number of carbonyl (C=O) groups excluding carboxylic acids is 2. The van der Waals surface area contributed by atoms with Crippen LogP contribution < -0.4 is 19.9 Å². The second-order valence-corrected chi connectivity index (χ2v) is 10.1. The summed E-state index contributed by atoms with van der Waals surface area (Å²) in [6.45, 7) is 9.70. The van der Waals surface area contributed by atoms with Crippen LogP contribution in [0.15, 0.2) is 42.0 Å². The van der Waals surface area contributed by atoms with Crippen LogP contribution in [0.4, 0.5) is 11.4 Å². The van der Waals surface area contributed by atoms with E-state index in [9.17, 15) is 9.59 Å². The van der Waals surface area contributed by atoms with E-state index in [0.717, 1.165) is 18.7 Å². The minimum absolute atomic E-state index is 0.0124. The summed E-state index contributed by atoms with van der Waals surface area (Å²) in [4.78, 5) is 29.9. The molecule has 4 rings (SSSR count). The Labute approximate surface area is 210 Å². The molecule has 2 amide bonds. The zero-order chi connectivity index (χ0) is 24.8. The SMILES string of the molecule is CCN1c2cc(OC)c(/C=C3/C(=O)NC(=S)N(c4cccc(Cl)c4)C3=O)cc2C(C)CC1(C)C. The average molecular weight is 498 g/mol. The van der Waals surface area contributed by atoms with Crippen LogP contribution in [0.5, 0.6) is 5.75 Å². The zero-order valence-electron chi connectivity index (χ0n) is 19.9. The van der Waals surface area contributed by atoms with Crippen LogP contribution in [-0.2, 0) is 9.59 Å². The van der Waals surface area contributed by atoms with Gasteiger partial charge in [-0.3, -0.25) is 19.8 Å². The number of halogens is 1. The van der Waals surface area contributed by atoms with Crippen LogP contribution in [-0.4, -0.2) is 36.1 Å². The molecule has 1 N–H and O–H groups in total. The molecule has 0 bridgehead atoms. The zero-order valence-corrected chi connectivity index (χ0v) is 21.5. The summed E-state index contributed by atoms with van der Waals surface area (Å²) in [6, 6.07) is 10.8. The van der Waals surface area contributed by atoms with Crippen molar-refractivity contribution in [3.8, 4) is 5.75 Å². The van der Waals surface area contributed by atoms with E-state index >= 15 is 0 Å². The molecule has 1 saturated heterocycles. The second-order valence-electron chi connectivity index (χ2n) is 9.25. The lowest BCUT2D eigenvalue weighted by molar-refractivity contribution is -0.122. The molecular formula is C26H28ClN3O3S. The van der Waals surface area contributed by atoms with E-state index in [0.29, 0.717) is 27.9 Å². The van der Waals surface area contributed by atoms with Crippen LogP contribution >= 0.6 is 23.8 Å². The monoisotopic (exact) mass is 497 g/mol. The number of benzene rings is 2. The molecule has 0 aromatic heterocycles. The number of nitrogens with zero attached hydrogens (tertiary/aromatic N) is 2. The molecule has 8 heteroatoms. The Hall–Kier alpha value is -2.90. The number of anilines is 2. The third-order valence-corrected chi connectivity index (χ3v) is 7.04. The normalized spacial score (nSPS) is 20.9. The molecule has 2 aromatic carbocycles. The molecule has 0 saturated carbocycles. The molecule has 1 fully saturated rings. The molecule has 0 radical (unpaired) electrons. The van der Waals surface area contributed by atoms with Crippen molar-refractivity contribution in [2.24, 2.45) is 0 Å². The van der Waals surface area contributed by atoms with Gasteiger partial charge in [0.25, 0.3) is 11.8 Å². The fourth-order valence-corrected chi connectivity index (χ4v) is 5.54. The predicted molar refractivity (Wildman–Crippen MR) is 141 cm³/mol. The van der Waals surface area contributed by atoms with E-state index in [1.54, 1.807) is 37.5 Å². The third kappa shape index (κ3) is 4.18. The van der Waals surface area contributed by atoms with Crippen LogP contribution in [0.3, 0.4) is 0 Å². The number of ether oxygens (including phenoxy) is 1. The van der Waals surface area contributed by atoms with Gasteiger partial charge in [-0.2, -0.15) is 0 Å². The summed E-state index contributed by atoms with van der Waals surface area (Å²) in [5, 5.41) is 3.10. The van der Waals surface area contributed by atoms with Gasteiger partial charge in [-0.15, -0.1) is 0 Å². The van der Waals surface area contributed by atoms with Crippen LogP contribution in [0, 0.1) is 0 Å². The summed E-state index contributed by atoms with van der Waals surface area (Å²) in [5.41, 5.74) is 3.42. The number of hydrogen-bond donors (Lipinski definition) is 1. The number of fused-ring (bicyclic) bond motifs is 1. The van der Waals surface area contributed by atoms with Crippen molar-refractivity contribution in [2.45, 2.75) is 45.6 Å². The van der Waals surface area contributed by atoms with Crippen molar-refractivity contribution >= 4 is 58.2 Å². The number of methoxy groups -OCH3 is 1. The average Bonchev–Trinajstić information content (AvgIpc) is 2.76. The van der Waals surface area contributed by atoms with Gasteiger partial charge < -0.3 is 9.64 Å². The van der Waals surface area contributed by atoms with Gasteiger partial charge in [0.2, 0.25) is 0 Å². The minimum Gasteiger partial charge on any atom is -0.496 e. The summed E-state index contributed by atoms with van der Waals surface area (Å²) in [5.74, 6) is -0.155. The van der Waals surface area contributed by atoms with Crippen molar-refractivity contribution in [1.29, 1.82) is 0 Å². The van der Waals surface area contributed by atoms with Crippen LogP contribution in [0.2, 0.25) is 5.02 Å². The highest BCUT2D eigenvalue weighted by atomic mass is 35.5. The Morgan fingerprint density at radius 2 is 2.00 bits per heavy atom. The standard InChI is InChI=1S/C26H28ClN3O3S/c1-6-29-21-13-22(33-5)16(10-19(21)15(2)14-26(29,3)4)11-20-23(31)28-25(34)30(24(20)32)18-9-7-8-17(27)12-18/h7-13,15H,6,14H2,1-5H3,(H,28,31,34)/b20-11-. The molecule has 1 atom stereocenters. The molecule has 6 nitrogen and oxygen atoms in total. The van der Waals surface area contributed by atoms with Crippen LogP contribution in [0.25, 0.3) is 6.08 Å². The number of rotatable bonds is 4. The second kappa shape index (κ2) is 9.04. The summed E-state index contributed by atoms with van der Waals surface area (Å²) >= 11 is 11.4. The lowest BCUT2D eigenvalue weighted by atomic mass is 9.79. The molecule has 2 aromatic rings. The quantitative estimate of drug-likeness (QED) is 0.353. The van der Waals surface area contributed by atoms with Gasteiger partial charge >= 0.3 is 0 Å². The molecule has 1 unspecified atom stereocenters. The van der Waals surface area contributed by atoms with E-state index in [4.69, 9.17) is 28.6 Å². The lowest BCUT2D eigenvalue weighted by Gasteiger charge is -2.47. The summed E-state index contributed by atoms with van der Waals surface area (Å²) in [6.07, 6.45) is 2.57. The first kappa shape index (κ1) is 24.2. The number of thiocarbonyl (C=S) groups is 1. The fraction of sp³-hybridized carbons (Fsp3) is 0.346. The highest BCUT2D eigenvalue weighted by Crippen LogP contribution is 2.46. The molecule has 2 heterocycles. The number of carbonyl (C=O) groups is 2. The Morgan fingerprint density at radius 1 is 1.26 bits per heavy atom. The molecule has 2 aliphatic heterocycles. The van der Waals surface area contributed by atoms with E-state index < -0.39 is 11.8 Å². The number of hydrogen-bond acceptors (Lipinski definition) is 5. The maximum absolute atomic E-state index is 13.4. The lowest BCUT2D eigenvalue weighted by Crippen LogP contribution is -2.54. The Balaban J connectivity index is 1.81. The smallest absolute Gasteiger partial charge is 0.270 e. The molecule has 34 heavy (non-hydrogen) atoms. The minimum atomic E-state index is -0.544. The molecule has 0 spiro atoms. The fourth-order valence-electron chi connectivity index (χ4n) is 5.08. The number of amides is 2. The van der Waals surface area contributed by atoms with E-state index in [1.165, 1.54) is 10.5 Å². The first-order valence-corrected chi connectivity index (χ1v) is 12.0. The first-order chi connectivity index (χ1) is 16.1. The van der Waals surface area contributed by atoms with E-state index in [2.05, 4.69) is 37.9 Å². The van der Waals surface area contributed by atoms with E-state index in [1.807, 2.05) is 12.1 Å². The Bertz CT molecular complexity index is 1220. The predicted octanol–water partition coefficient (Wildman–Crippen LogP) is 5.29. The van der Waals surface area contributed by atoms with Crippen molar-refractivity contribution in [2.75, 3.05) is 23.5 Å². The third-order valence-electron chi connectivity index (χ3n) is 6.52. The highest BCUT2D eigenvalue weighted by molar-refractivity contribution is 7.80. The topological polar surface area (TPSA) is 61.9 Å². The summed E-state index contributed by atoms with van der Waals surface area (Å²) < 4.78 is 5.70. The van der Waals surface area contributed by atoms with Crippen LogP contribution in [0.1, 0.15) is 51.2 Å². The molecule has 0 aliphatic carbocycles. The van der Waals surface area contributed by atoms with E-state index in [-0.39, 0.29) is 16.2 Å². The van der Waals surface area contributed by atoms with Gasteiger partial charge in [0.15, 0.2) is 5.11 Å². The largest absolute Gasteiger partial charge is 0.496 e. The maximum atomic E-state index is 13.4. The van der Waals surface area contributed by atoms with Gasteiger partial charge in [0.05, 0.1) is 12.8 Å². The first-order valence-electron chi connectivity index (χ1n) is 11.2. The molecular weight excluding hydrogens is 470 g/mol. The van der Waals surface area contributed by atoms with Gasteiger partial charge in [-0.1, -0.05) is 24.6 Å².